The van der Waals surface area contributed by atoms with Gasteiger partial charge in [-0.15, -0.1) is 0 Å². The first kappa shape index (κ1) is 11.2. The quantitative estimate of drug-likeness (QED) is 0.641. The van der Waals surface area contributed by atoms with Gasteiger partial charge in [0.25, 0.3) is 0 Å². The fourth-order valence-electron chi connectivity index (χ4n) is 1.82. The fraction of sp³-hybridized carbons (Fsp3) is 0.417. The summed E-state index contributed by atoms with van der Waals surface area (Å²) in [6.45, 7) is 1.04. The molecule has 0 spiro atoms. The molecule has 1 aliphatic heterocycles. The van der Waals surface area contributed by atoms with Crippen molar-refractivity contribution < 1.29 is 0 Å². The monoisotopic (exact) mass is 285 g/mol. The zero-order valence-corrected chi connectivity index (χ0v) is 11.2. The molecule has 1 atom stereocenters. The maximum Gasteiger partial charge on any atom is 0.0521 e. The van der Waals surface area contributed by atoms with Crippen molar-refractivity contribution in [2.45, 2.75) is 17.7 Å². The van der Waals surface area contributed by atoms with E-state index >= 15 is 0 Å². The number of halogens is 1. The molecular formula is C12H16BrNS. The molecule has 0 saturated heterocycles. The van der Waals surface area contributed by atoms with Crippen molar-refractivity contribution in [2.24, 2.45) is 4.99 Å². The Kier molecular flexibility index (Phi) is 4.27. The molecule has 0 saturated carbocycles. The van der Waals surface area contributed by atoms with Gasteiger partial charge in [-0.05, 0) is 29.9 Å². The normalized spacial score (nSPS) is 22.7. The van der Waals surface area contributed by atoms with E-state index in [-0.39, 0.29) is 10.9 Å². The van der Waals surface area contributed by atoms with Crippen molar-refractivity contribution in [3.05, 3.63) is 30.3 Å². The average molecular weight is 286 g/mol. The number of alkyl halides is 1. The van der Waals surface area contributed by atoms with Gasteiger partial charge in [-0.25, -0.2) is 0 Å². The molecule has 1 aromatic rings. The van der Waals surface area contributed by atoms with E-state index in [2.05, 4.69) is 51.3 Å². The maximum atomic E-state index is 4.66. The lowest BCUT2D eigenvalue weighted by Crippen LogP contribution is -1.98. The van der Waals surface area contributed by atoms with Crippen LogP contribution < -0.4 is 0 Å². The third-order valence-corrected chi connectivity index (χ3v) is 5.65. The van der Waals surface area contributed by atoms with Gasteiger partial charge in [-0.3, -0.25) is 4.99 Å². The summed E-state index contributed by atoms with van der Waals surface area (Å²) < 4.78 is 0. The molecule has 0 N–H and O–H groups in total. The van der Waals surface area contributed by atoms with Crippen LogP contribution in [0.4, 0.5) is 0 Å². The molecule has 1 aromatic carbocycles. The van der Waals surface area contributed by atoms with Crippen molar-refractivity contribution in [1.29, 1.82) is 0 Å². The molecule has 0 aromatic heterocycles. The first-order valence-electron chi connectivity index (χ1n) is 5.33. The van der Waals surface area contributed by atoms with Gasteiger partial charge in [0, 0.05) is 17.6 Å². The molecule has 15 heavy (non-hydrogen) atoms. The molecule has 0 fully saturated rings. The van der Waals surface area contributed by atoms with Gasteiger partial charge in [0.15, 0.2) is 0 Å². The largest absolute Gasteiger partial charge is 0.284 e. The van der Waals surface area contributed by atoms with E-state index in [1.165, 1.54) is 28.5 Å². The first-order valence-corrected chi connectivity index (χ1v) is 7.98. The van der Waals surface area contributed by atoms with Gasteiger partial charge in [0.1, 0.15) is 0 Å². The molecular weight excluding hydrogens is 270 g/mol. The van der Waals surface area contributed by atoms with E-state index in [4.69, 9.17) is 0 Å². The predicted molar refractivity (Wildman–Crippen MR) is 73.9 cm³/mol. The first-order chi connectivity index (χ1) is 7.42. The zero-order valence-electron chi connectivity index (χ0n) is 8.69. The lowest BCUT2D eigenvalue weighted by Gasteiger charge is -2.17. The molecule has 0 aliphatic carbocycles. The molecule has 2 rings (SSSR count). The van der Waals surface area contributed by atoms with Gasteiger partial charge < -0.3 is 0 Å². The predicted octanol–water partition coefficient (Wildman–Crippen LogP) is 3.63. The highest BCUT2D eigenvalue weighted by molar-refractivity contribution is 9.09. The van der Waals surface area contributed by atoms with Crippen molar-refractivity contribution in [1.82, 2.24) is 0 Å². The third kappa shape index (κ3) is 2.85. The van der Waals surface area contributed by atoms with Gasteiger partial charge >= 0.3 is 0 Å². The molecule has 1 unspecified atom stereocenters. The van der Waals surface area contributed by atoms with Crippen LogP contribution in [0.2, 0.25) is 0 Å². The van der Waals surface area contributed by atoms with Gasteiger partial charge in [-0.1, -0.05) is 34.1 Å². The standard InChI is InChI=1S/C12H16BrNS/c13-8-4-7-12-14-9-10-15(12)11-5-2-1-3-6-11/h1-3,5-6,15H,4,7-10H2. The second kappa shape index (κ2) is 5.71. The Hall–Kier alpha value is -0.280. The van der Waals surface area contributed by atoms with E-state index in [1.807, 2.05) is 0 Å². The average Bonchev–Trinajstić information content (AvgIpc) is 2.75. The van der Waals surface area contributed by atoms with Crippen LogP contribution in [-0.2, 0) is 0 Å². The van der Waals surface area contributed by atoms with Crippen molar-refractivity contribution >= 4 is 31.9 Å². The number of rotatable bonds is 4. The Morgan fingerprint density at radius 3 is 2.80 bits per heavy atom. The van der Waals surface area contributed by atoms with Crippen molar-refractivity contribution in [2.75, 3.05) is 17.6 Å². The second-order valence-corrected chi connectivity index (χ2v) is 6.71. The Morgan fingerprint density at radius 1 is 1.27 bits per heavy atom. The number of nitrogens with zero attached hydrogens (tertiary/aromatic N) is 1. The smallest absolute Gasteiger partial charge is 0.0521 e. The van der Waals surface area contributed by atoms with Crippen LogP contribution >= 0.6 is 26.8 Å². The van der Waals surface area contributed by atoms with E-state index in [1.54, 1.807) is 0 Å². The Balaban J connectivity index is 2.07. The molecule has 3 heteroatoms. The summed E-state index contributed by atoms with van der Waals surface area (Å²) in [5.41, 5.74) is 0. The summed E-state index contributed by atoms with van der Waals surface area (Å²) in [5, 5.41) is 2.56. The summed E-state index contributed by atoms with van der Waals surface area (Å²) in [7, 11) is -0.0861. The fourth-order valence-corrected chi connectivity index (χ4v) is 4.44. The van der Waals surface area contributed by atoms with Crippen LogP contribution in [0.3, 0.4) is 0 Å². The highest BCUT2D eigenvalue weighted by atomic mass is 79.9. The third-order valence-electron chi connectivity index (χ3n) is 2.53. The number of benzene rings is 1. The summed E-state index contributed by atoms with van der Waals surface area (Å²) in [5.74, 6) is 1.26. The van der Waals surface area contributed by atoms with Crippen LogP contribution in [0.5, 0.6) is 0 Å². The molecule has 82 valence electrons. The maximum absolute atomic E-state index is 4.66. The van der Waals surface area contributed by atoms with Crippen LogP contribution in [0.25, 0.3) is 0 Å². The van der Waals surface area contributed by atoms with Crippen molar-refractivity contribution in [3.8, 4) is 0 Å². The summed E-state index contributed by atoms with van der Waals surface area (Å²) in [6, 6.07) is 10.9. The molecule has 1 nitrogen and oxygen atoms in total. The lowest BCUT2D eigenvalue weighted by molar-refractivity contribution is 1.02. The Labute approximate surface area is 102 Å². The Morgan fingerprint density at radius 2 is 2.07 bits per heavy atom. The topological polar surface area (TPSA) is 12.4 Å². The highest BCUT2D eigenvalue weighted by Gasteiger charge is 2.17. The van der Waals surface area contributed by atoms with E-state index in [0.29, 0.717) is 0 Å². The van der Waals surface area contributed by atoms with Gasteiger partial charge in [0.2, 0.25) is 0 Å². The van der Waals surface area contributed by atoms with E-state index in [9.17, 15) is 0 Å². The molecule has 0 bridgehead atoms. The number of hydrogen-bond acceptors (Lipinski definition) is 1. The van der Waals surface area contributed by atoms with Gasteiger partial charge in [-0.2, -0.15) is 10.9 Å². The van der Waals surface area contributed by atoms with Crippen molar-refractivity contribution in [3.63, 3.8) is 0 Å². The molecule has 1 aliphatic rings. The number of hydrogen-bond donors (Lipinski definition) is 1. The molecule has 1 heterocycles. The van der Waals surface area contributed by atoms with E-state index < -0.39 is 0 Å². The lowest BCUT2D eigenvalue weighted by atomic mass is 10.4. The molecule has 0 amide bonds. The highest BCUT2D eigenvalue weighted by Crippen LogP contribution is 2.42. The SMILES string of the molecule is BrCCCC1=NCC[SH]1c1ccccc1. The van der Waals surface area contributed by atoms with Crippen LogP contribution in [0.1, 0.15) is 12.8 Å². The molecule has 0 radical (unpaired) electrons. The minimum Gasteiger partial charge on any atom is -0.284 e. The Bertz CT molecular complexity index is 337. The number of aliphatic imine (C=N–C) groups is 1. The van der Waals surface area contributed by atoms with Gasteiger partial charge in [0.05, 0.1) is 5.04 Å². The summed E-state index contributed by atoms with van der Waals surface area (Å²) >= 11 is 3.49. The minimum atomic E-state index is -0.0861. The summed E-state index contributed by atoms with van der Waals surface area (Å²) in [6.07, 6.45) is 2.39. The van der Waals surface area contributed by atoms with Crippen LogP contribution in [0, 0.1) is 0 Å². The van der Waals surface area contributed by atoms with Crippen LogP contribution in [0.15, 0.2) is 40.2 Å². The van der Waals surface area contributed by atoms with E-state index in [0.717, 1.165) is 11.9 Å². The summed E-state index contributed by atoms with van der Waals surface area (Å²) in [4.78, 5) is 6.15. The second-order valence-electron chi connectivity index (χ2n) is 3.58. The van der Waals surface area contributed by atoms with Crippen LogP contribution in [-0.4, -0.2) is 22.7 Å². The zero-order chi connectivity index (χ0) is 10.5. The minimum absolute atomic E-state index is 0.0861. The number of thiol groups is 1.